The van der Waals surface area contributed by atoms with Crippen molar-refractivity contribution < 1.29 is 19.0 Å². The summed E-state index contributed by atoms with van der Waals surface area (Å²) in [6.45, 7) is 1.03. The van der Waals surface area contributed by atoms with Gasteiger partial charge in [0.1, 0.15) is 11.9 Å². The summed E-state index contributed by atoms with van der Waals surface area (Å²) in [6.07, 6.45) is 15.6. The Balaban J connectivity index is 1.05. The Labute approximate surface area is 197 Å². The molecule has 4 fully saturated rings. The van der Waals surface area contributed by atoms with Crippen LogP contribution in [0.1, 0.15) is 88.2 Å². The number of nitrogens with one attached hydrogen (secondary N) is 1. The van der Waals surface area contributed by atoms with Gasteiger partial charge < -0.3 is 19.5 Å². The molecule has 33 heavy (non-hydrogen) atoms. The van der Waals surface area contributed by atoms with Crippen LogP contribution in [0.25, 0.3) is 0 Å². The van der Waals surface area contributed by atoms with Crippen molar-refractivity contribution in [2.75, 3.05) is 13.3 Å². The van der Waals surface area contributed by atoms with Crippen LogP contribution >= 0.6 is 0 Å². The molecule has 6 atom stereocenters. The Kier molecular flexibility index (Phi) is 6.02. The summed E-state index contributed by atoms with van der Waals surface area (Å²) in [5.74, 6) is 3.13. The molecule has 4 aliphatic carbocycles. The fourth-order valence-corrected chi connectivity index (χ4v) is 8.25. The molecule has 1 N–H and O–H groups in total. The van der Waals surface area contributed by atoms with E-state index < -0.39 is 6.16 Å². The predicted octanol–water partition coefficient (Wildman–Crippen LogP) is 5.88. The molecule has 180 valence electrons. The molecule has 1 aliphatic heterocycles. The van der Waals surface area contributed by atoms with Crippen molar-refractivity contribution in [2.24, 2.45) is 17.8 Å². The fraction of sp³-hybridized carbons (Fsp3) is 0.750. The van der Waals surface area contributed by atoms with Gasteiger partial charge in [-0.05, 0) is 92.5 Å². The van der Waals surface area contributed by atoms with E-state index in [1.54, 1.807) is 0 Å². The minimum absolute atomic E-state index is 0.00999. The lowest BCUT2D eigenvalue weighted by Crippen LogP contribution is -2.59. The number of piperidine rings is 1. The zero-order valence-electron chi connectivity index (χ0n) is 19.9. The van der Waals surface area contributed by atoms with E-state index in [4.69, 9.17) is 14.2 Å². The van der Waals surface area contributed by atoms with Gasteiger partial charge in [0.05, 0.1) is 0 Å². The number of carbonyl (C=O) groups is 1. The Morgan fingerprint density at radius 3 is 2.82 bits per heavy atom. The number of hydrogen-bond donors (Lipinski definition) is 1. The number of rotatable bonds is 4. The summed E-state index contributed by atoms with van der Waals surface area (Å²) < 4.78 is 16.9. The standard InChI is InChI=1S/C28H39NO4/c30-27(33-23-11-8-19-5-1-2-6-20(19)15-23)32-18-31-22-10-9-21-16-26-24-7-3-4-12-28(24,13-14-29-26)25(21)17-22/h9-10,17,19-20,23-24,26,29H,1-8,11-16,18H2/t19?,20?,23?,24-,26-,28+/m1/s1. The van der Waals surface area contributed by atoms with Gasteiger partial charge in [0.15, 0.2) is 0 Å². The molecule has 1 aromatic rings. The van der Waals surface area contributed by atoms with Gasteiger partial charge in [-0.1, -0.05) is 44.6 Å². The van der Waals surface area contributed by atoms with E-state index in [1.165, 1.54) is 75.3 Å². The van der Waals surface area contributed by atoms with Crippen molar-refractivity contribution >= 4 is 6.16 Å². The van der Waals surface area contributed by atoms with Gasteiger partial charge in [0.2, 0.25) is 6.79 Å². The maximum Gasteiger partial charge on any atom is 0.511 e. The summed E-state index contributed by atoms with van der Waals surface area (Å²) in [5.41, 5.74) is 3.27. The van der Waals surface area contributed by atoms with Gasteiger partial charge in [-0.25, -0.2) is 4.79 Å². The van der Waals surface area contributed by atoms with Crippen LogP contribution in [0, 0.1) is 17.8 Å². The first-order valence-electron chi connectivity index (χ1n) is 13.5. The zero-order valence-corrected chi connectivity index (χ0v) is 19.9. The minimum Gasteiger partial charge on any atom is -0.457 e. The molecule has 3 saturated carbocycles. The lowest BCUT2D eigenvalue weighted by atomic mass is 9.53. The van der Waals surface area contributed by atoms with Crippen LogP contribution in [-0.2, 0) is 21.3 Å². The summed E-state index contributed by atoms with van der Waals surface area (Å²) >= 11 is 0. The van der Waals surface area contributed by atoms with Crippen LogP contribution in [0.15, 0.2) is 18.2 Å². The van der Waals surface area contributed by atoms with Crippen LogP contribution in [0.2, 0.25) is 0 Å². The van der Waals surface area contributed by atoms with Crippen LogP contribution in [-0.4, -0.2) is 31.6 Å². The number of fused-ring (bicyclic) bond motifs is 2. The quantitative estimate of drug-likeness (QED) is 0.456. The smallest absolute Gasteiger partial charge is 0.457 e. The maximum absolute atomic E-state index is 12.3. The van der Waals surface area contributed by atoms with Crippen molar-refractivity contribution in [3.05, 3.63) is 29.3 Å². The average molecular weight is 454 g/mol. The van der Waals surface area contributed by atoms with Crippen molar-refractivity contribution in [2.45, 2.75) is 101 Å². The van der Waals surface area contributed by atoms with Gasteiger partial charge in [0, 0.05) is 11.5 Å². The van der Waals surface area contributed by atoms with Gasteiger partial charge >= 0.3 is 6.16 Å². The summed E-state index contributed by atoms with van der Waals surface area (Å²) in [6, 6.07) is 7.14. The van der Waals surface area contributed by atoms with E-state index in [1.807, 2.05) is 6.07 Å². The van der Waals surface area contributed by atoms with Gasteiger partial charge in [0.25, 0.3) is 0 Å². The molecule has 0 spiro atoms. The Bertz CT molecular complexity index is 867. The van der Waals surface area contributed by atoms with Crippen LogP contribution in [0.4, 0.5) is 4.79 Å². The highest BCUT2D eigenvalue weighted by Crippen LogP contribution is 2.54. The second-order valence-corrected chi connectivity index (χ2v) is 11.4. The molecule has 3 unspecified atom stereocenters. The Morgan fingerprint density at radius 1 is 1.00 bits per heavy atom. The molecule has 1 heterocycles. The third-order valence-electron chi connectivity index (χ3n) is 9.78. The maximum atomic E-state index is 12.3. The Hall–Kier alpha value is -1.75. The average Bonchev–Trinajstić information content (AvgIpc) is 2.84. The second kappa shape index (κ2) is 9.13. The van der Waals surface area contributed by atoms with Gasteiger partial charge in [-0.3, -0.25) is 0 Å². The summed E-state index contributed by atoms with van der Waals surface area (Å²) in [4.78, 5) is 12.3. The zero-order chi connectivity index (χ0) is 22.3. The monoisotopic (exact) mass is 453 g/mol. The van der Waals surface area contributed by atoms with E-state index in [-0.39, 0.29) is 12.9 Å². The molecule has 5 nitrogen and oxygen atoms in total. The fourth-order valence-electron chi connectivity index (χ4n) is 8.25. The largest absolute Gasteiger partial charge is 0.511 e. The van der Waals surface area contributed by atoms with Crippen molar-refractivity contribution in [1.29, 1.82) is 0 Å². The molecule has 1 aromatic carbocycles. The predicted molar refractivity (Wildman–Crippen MR) is 126 cm³/mol. The van der Waals surface area contributed by atoms with Crippen molar-refractivity contribution in [1.82, 2.24) is 5.32 Å². The van der Waals surface area contributed by atoms with Crippen LogP contribution in [0.5, 0.6) is 5.75 Å². The van der Waals surface area contributed by atoms with Crippen molar-refractivity contribution in [3.8, 4) is 5.75 Å². The van der Waals surface area contributed by atoms with Crippen LogP contribution in [0.3, 0.4) is 0 Å². The van der Waals surface area contributed by atoms with Gasteiger partial charge in [-0.15, -0.1) is 0 Å². The first-order chi connectivity index (χ1) is 16.2. The molecule has 5 heteroatoms. The SMILES string of the molecule is O=C(OCOc1ccc2c(c1)[C@]13CCCC[C@@H]1[C@@H](C2)NCC3)OC1CCC2CCCCC2C1. The first kappa shape index (κ1) is 21.8. The van der Waals surface area contributed by atoms with E-state index in [0.717, 1.165) is 49.3 Å². The van der Waals surface area contributed by atoms with E-state index in [0.29, 0.717) is 11.5 Å². The third-order valence-corrected chi connectivity index (χ3v) is 9.78. The normalized spacial score (nSPS) is 37.2. The number of hydrogen-bond acceptors (Lipinski definition) is 5. The lowest BCUT2D eigenvalue weighted by Gasteiger charge is -2.56. The summed E-state index contributed by atoms with van der Waals surface area (Å²) in [7, 11) is 0. The van der Waals surface area contributed by atoms with Gasteiger partial charge in [-0.2, -0.15) is 0 Å². The molecule has 2 bridgehead atoms. The molecular formula is C28H39NO4. The molecular weight excluding hydrogens is 414 g/mol. The van der Waals surface area contributed by atoms with Crippen molar-refractivity contribution in [3.63, 3.8) is 0 Å². The highest BCUT2D eigenvalue weighted by Gasteiger charge is 2.51. The third kappa shape index (κ3) is 4.15. The highest BCUT2D eigenvalue weighted by atomic mass is 16.8. The molecule has 0 radical (unpaired) electrons. The molecule has 0 amide bonds. The van der Waals surface area contributed by atoms with E-state index in [2.05, 4.69) is 17.4 Å². The Morgan fingerprint density at radius 2 is 1.88 bits per heavy atom. The van der Waals surface area contributed by atoms with Crippen LogP contribution < -0.4 is 10.1 Å². The summed E-state index contributed by atoms with van der Waals surface area (Å²) in [5, 5.41) is 3.79. The number of ether oxygens (including phenoxy) is 3. The molecule has 0 aromatic heterocycles. The van der Waals surface area contributed by atoms with E-state index in [9.17, 15) is 4.79 Å². The number of benzene rings is 1. The highest BCUT2D eigenvalue weighted by molar-refractivity contribution is 5.60. The van der Waals surface area contributed by atoms with E-state index >= 15 is 0 Å². The lowest BCUT2D eigenvalue weighted by molar-refractivity contribution is -0.0373. The second-order valence-electron chi connectivity index (χ2n) is 11.4. The topological polar surface area (TPSA) is 56.8 Å². The molecule has 6 rings (SSSR count). The molecule has 1 saturated heterocycles. The minimum atomic E-state index is -0.584. The first-order valence-corrected chi connectivity index (χ1v) is 13.5. The number of carbonyl (C=O) groups excluding carboxylic acids is 1. The molecule has 5 aliphatic rings.